The van der Waals surface area contributed by atoms with Crippen LogP contribution in [0.1, 0.15) is 6.92 Å². The molecule has 3 aromatic rings. The van der Waals surface area contributed by atoms with E-state index in [0.717, 1.165) is 28.7 Å². The van der Waals surface area contributed by atoms with Gasteiger partial charge in [-0.1, -0.05) is 12.1 Å². The van der Waals surface area contributed by atoms with Gasteiger partial charge in [-0.2, -0.15) is 0 Å². The molecule has 0 unspecified atom stereocenters. The Bertz CT molecular complexity index is 591. The van der Waals surface area contributed by atoms with Crippen LogP contribution in [0.3, 0.4) is 0 Å². The van der Waals surface area contributed by atoms with Gasteiger partial charge in [0.25, 0.3) is 0 Å². The number of fused-ring (bicyclic) bond motifs is 3. The molecule has 3 heteroatoms. The van der Waals surface area contributed by atoms with Crippen LogP contribution < -0.4 is 0 Å². The number of benzene rings is 1. The molecular formula is C11H10N2O. The molecule has 0 N–H and O–H groups in total. The summed E-state index contributed by atoms with van der Waals surface area (Å²) in [6.07, 6.45) is 1.82. The normalized spacial score (nSPS) is 11.5. The van der Waals surface area contributed by atoms with Crippen molar-refractivity contribution in [3.8, 4) is 0 Å². The minimum absolute atomic E-state index is 0.869. The summed E-state index contributed by atoms with van der Waals surface area (Å²) in [5, 5.41) is 1.09. The van der Waals surface area contributed by atoms with Crippen molar-refractivity contribution >= 4 is 22.2 Å². The van der Waals surface area contributed by atoms with Crippen LogP contribution in [0, 0.1) is 0 Å². The van der Waals surface area contributed by atoms with Gasteiger partial charge in [0.1, 0.15) is 11.1 Å². The minimum atomic E-state index is 0.869. The largest absolute Gasteiger partial charge is 0.438 e. The summed E-state index contributed by atoms with van der Waals surface area (Å²) in [7, 11) is 0. The number of para-hydroxylation sites is 1. The van der Waals surface area contributed by atoms with Crippen molar-refractivity contribution in [3.63, 3.8) is 0 Å². The van der Waals surface area contributed by atoms with Crippen molar-refractivity contribution in [2.24, 2.45) is 0 Å². The number of aryl methyl sites for hydroxylation is 1. The maximum Gasteiger partial charge on any atom is 0.227 e. The first-order chi connectivity index (χ1) is 6.90. The van der Waals surface area contributed by atoms with Gasteiger partial charge in [0, 0.05) is 11.9 Å². The standard InChI is InChI=1S/C11H10N2O/c1-2-13-7-12-10-8-5-3-4-6-9(8)14-11(10)13/h3-7H,2H2,1H3. The smallest absolute Gasteiger partial charge is 0.227 e. The van der Waals surface area contributed by atoms with Crippen molar-refractivity contribution in [2.45, 2.75) is 13.5 Å². The molecule has 2 heterocycles. The molecule has 0 bridgehead atoms. The van der Waals surface area contributed by atoms with Gasteiger partial charge in [0.2, 0.25) is 5.71 Å². The first kappa shape index (κ1) is 7.62. The van der Waals surface area contributed by atoms with Gasteiger partial charge in [0.15, 0.2) is 0 Å². The van der Waals surface area contributed by atoms with Gasteiger partial charge < -0.3 is 8.98 Å². The zero-order valence-corrected chi connectivity index (χ0v) is 7.90. The van der Waals surface area contributed by atoms with Crippen molar-refractivity contribution in [2.75, 3.05) is 0 Å². The molecule has 0 aliphatic carbocycles. The Labute approximate surface area is 81.0 Å². The van der Waals surface area contributed by atoms with E-state index < -0.39 is 0 Å². The molecule has 0 amide bonds. The predicted molar refractivity (Wildman–Crippen MR) is 55.2 cm³/mol. The monoisotopic (exact) mass is 186 g/mol. The number of furan rings is 1. The maximum atomic E-state index is 5.71. The lowest BCUT2D eigenvalue weighted by atomic mass is 10.2. The third-order valence-corrected chi connectivity index (χ3v) is 2.48. The Morgan fingerprint density at radius 1 is 1.36 bits per heavy atom. The fraction of sp³-hybridized carbons (Fsp3) is 0.182. The van der Waals surface area contributed by atoms with E-state index in [4.69, 9.17) is 4.42 Å². The Hall–Kier alpha value is -1.77. The van der Waals surface area contributed by atoms with Crippen molar-refractivity contribution in [1.82, 2.24) is 9.55 Å². The lowest BCUT2D eigenvalue weighted by Crippen LogP contribution is -1.88. The van der Waals surface area contributed by atoms with Crippen molar-refractivity contribution in [1.29, 1.82) is 0 Å². The second-order valence-electron chi connectivity index (χ2n) is 3.28. The van der Waals surface area contributed by atoms with Crippen LogP contribution in [0.2, 0.25) is 0 Å². The van der Waals surface area contributed by atoms with Crippen LogP contribution in [0.25, 0.3) is 22.2 Å². The fourth-order valence-electron chi connectivity index (χ4n) is 1.74. The van der Waals surface area contributed by atoms with E-state index in [2.05, 4.69) is 11.9 Å². The number of hydrogen-bond donors (Lipinski definition) is 0. The van der Waals surface area contributed by atoms with Crippen molar-refractivity contribution < 1.29 is 4.42 Å². The highest BCUT2D eigenvalue weighted by molar-refractivity contribution is 6.01. The predicted octanol–water partition coefficient (Wildman–Crippen LogP) is 2.80. The van der Waals surface area contributed by atoms with Gasteiger partial charge in [0.05, 0.1) is 6.33 Å². The average molecular weight is 186 g/mol. The molecule has 0 aliphatic rings. The molecule has 0 atom stereocenters. The maximum absolute atomic E-state index is 5.71. The molecule has 0 saturated carbocycles. The number of hydrogen-bond acceptors (Lipinski definition) is 2. The highest BCUT2D eigenvalue weighted by Crippen LogP contribution is 2.26. The molecule has 0 saturated heterocycles. The lowest BCUT2D eigenvalue weighted by Gasteiger charge is -1.92. The molecule has 3 rings (SSSR count). The van der Waals surface area contributed by atoms with E-state index in [1.54, 1.807) is 0 Å². The molecule has 0 radical (unpaired) electrons. The second kappa shape index (κ2) is 2.61. The summed E-state index contributed by atoms with van der Waals surface area (Å²) >= 11 is 0. The number of rotatable bonds is 1. The summed E-state index contributed by atoms with van der Waals surface area (Å²) in [6, 6.07) is 7.98. The number of nitrogens with zero attached hydrogens (tertiary/aromatic N) is 2. The first-order valence-corrected chi connectivity index (χ1v) is 4.72. The zero-order valence-electron chi connectivity index (χ0n) is 7.90. The molecule has 70 valence electrons. The summed E-state index contributed by atoms with van der Waals surface area (Å²) in [5.74, 6) is 0. The van der Waals surface area contributed by atoms with Crippen LogP contribution in [0.4, 0.5) is 0 Å². The summed E-state index contributed by atoms with van der Waals surface area (Å²) in [4.78, 5) is 4.35. The lowest BCUT2D eigenvalue weighted by molar-refractivity contribution is 0.609. The summed E-state index contributed by atoms with van der Waals surface area (Å²) < 4.78 is 7.72. The second-order valence-corrected chi connectivity index (χ2v) is 3.28. The van der Waals surface area contributed by atoms with E-state index >= 15 is 0 Å². The SMILES string of the molecule is CCn1cnc2c3ccccc3oc21. The average Bonchev–Trinajstić information content (AvgIpc) is 2.75. The Kier molecular flexibility index (Phi) is 1.42. The fourth-order valence-corrected chi connectivity index (χ4v) is 1.74. The van der Waals surface area contributed by atoms with E-state index in [0.29, 0.717) is 0 Å². The van der Waals surface area contributed by atoms with Gasteiger partial charge in [-0.25, -0.2) is 4.98 Å². The third-order valence-electron chi connectivity index (χ3n) is 2.48. The van der Waals surface area contributed by atoms with Gasteiger partial charge in [-0.05, 0) is 19.1 Å². The van der Waals surface area contributed by atoms with Gasteiger partial charge in [-0.3, -0.25) is 0 Å². The van der Waals surface area contributed by atoms with E-state index in [9.17, 15) is 0 Å². The van der Waals surface area contributed by atoms with E-state index in [-0.39, 0.29) is 0 Å². The molecular weight excluding hydrogens is 176 g/mol. The molecule has 2 aromatic heterocycles. The molecule has 0 spiro atoms. The van der Waals surface area contributed by atoms with Crippen LogP contribution >= 0.6 is 0 Å². The number of imidazole rings is 1. The summed E-state index contributed by atoms with van der Waals surface area (Å²) in [5.41, 5.74) is 2.74. The van der Waals surface area contributed by atoms with Crippen molar-refractivity contribution in [3.05, 3.63) is 30.6 Å². The van der Waals surface area contributed by atoms with E-state index in [1.807, 2.05) is 35.2 Å². The van der Waals surface area contributed by atoms with Crippen LogP contribution in [0.15, 0.2) is 35.0 Å². The van der Waals surface area contributed by atoms with Crippen LogP contribution in [0.5, 0.6) is 0 Å². The summed E-state index contributed by atoms with van der Waals surface area (Å²) in [6.45, 7) is 2.96. The third kappa shape index (κ3) is 0.839. The molecule has 0 aliphatic heterocycles. The highest BCUT2D eigenvalue weighted by Gasteiger charge is 2.10. The van der Waals surface area contributed by atoms with E-state index in [1.165, 1.54) is 0 Å². The Morgan fingerprint density at radius 2 is 2.21 bits per heavy atom. The first-order valence-electron chi connectivity index (χ1n) is 4.72. The Balaban J connectivity index is 2.51. The molecule has 14 heavy (non-hydrogen) atoms. The van der Waals surface area contributed by atoms with Crippen LogP contribution in [-0.2, 0) is 6.54 Å². The van der Waals surface area contributed by atoms with Crippen LogP contribution in [-0.4, -0.2) is 9.55 Å². The minimum Gasteiger partial charge on any atom is -0.438 e. The zero-order chi connectivity index (χ0) is 9.54. The quantitative estimate of drug-likeness (QED) is 0.585. The molecule has 1 aromatic carbocycles. The Morgan fingerprint density at radius 3 is 3.07 bits per heavy atom. The van der Waals surface area contributed by atoms with Gasteiger partial charge >= 0.3 is 0 Å². The molecule has 3 nitrogen and oxygen atoms in total. The highest BCUT2D eigenvalue weighted by atomic mass is 16.3. The molecule has 0 fully saturated rings. The number of aromatic nitrogens is 2. The topological polar surface area (TPSA) is 31.0 Å². The van der Waals surface area contributed by atoms with Gasteiger partial charge in [-0.15, -0.1) is 0 Å².